The molecule has 3 heterocycles. The van der Waals surface area contributed by atoms with Gasteiger partial charge in [-0.15, -0.1) is 0 Å². The average Bonchev–Trinajstić information content (AvgIpc) is 2.99. The highest BCUT2D eigenvalue weighted by Gasteiger charge is 2.45. The van der Waals surface area contributed by atoms with Gasteiger partial charge in [-0.2, -0.15) is 10.4 Å². The van der Waals surface area contributed by atoms with E-state index < -0.39 is 17.8 Å². The van der Waals surface area contributed by atoms with Crippen LogP contribution in [0.2, 0.25) is 0 Å². The molecular weight excluding hydrogens is 369 g/mol. The van der Waals surface area contributed by atoms with Crippen molar-refractivity contribution in [2.24, 2.45) is 0 Å². The molecule has 9 heteroatoms. The third-order valence-electron chi connectivity index (χ3n) is 3.94. The van der Waals surface area contributed by atoms with Crippen LogP contribution in [0.3, 0.4) is 0 Å². The second kappa shape index (κ2) is 5.38. The van der Waals surface area contributed by atoms with Crippen molar-refractivity contribution in [2.45, 2.75) is 18.6 Å². The molecule has 0 aliphatic carbocycles. The van der Waals surface area contributed by atoms with Crippen molar-refractivity contribution in [1.29, 1.82) is 5.26 Å². The Bertz CT molecular complexity index is 828. The number of rotatable bonds is 2. The minimum absolute atomic E-state index is 0.00353. The lowest BCUT2D eigenvalue weighted by Gasteiger charge is -2.24. The van der Waals surface area contributed by atoms with Crippen molar-refractivity contribution in [2.75, 3.05) is 18.4 Å². The minimum Gasteiger partial charge on any atom is -0.465 e. The molecule has 2 unspecified atom stereocenters. The Labute approximate surface area is 139 Å². The molecule has 23 heavy (non-hydrogen) atoms. The first kappa shape index (κ1) is 15.6. The van der Waals surface area contributed by atoms with E-state index in [1.165, 1.54) is 13.1 Å². The molecule has 1 aliphatic heterocycles. The summed E-state index contributed by atoms with van der Waals surface area (Å²) >= 11 is 3.34. The monoisotopic (exact) mass is 381 g/mol. The van der Waals surface area contributed by atoms with Gasteiger partial charge in [-0.3, -0.25) is 0 Å². The van der Waals surface area contributed by atoms with Crippen LogP contribution in [-0.2, 0) is 0 Å². The van der Waals surface area contributed by atoms with Crippen LogP contribution in [0.15, 0.2) is 22.9 Å². The second-order valence-electron chi connectivity index (χ2n) is 5.67. The number of nitrogens with one attached hydrogen (secondary N) is 1. The smallest absolute Gasteiger partial charge is 0.407 e. The normalized spacial score (nSPS) is 23.9. The standard InChI is InChI=1S/C14H13BrFN5O2/c1-14(16)7-20(13(22)23)6-11(14)19-12-8(3-17)4-18-21-5-9(15)2-10(12)21/h2,4-5,11,19H,6-7H2,1H3,(H,22,23). The van der Waals surface area contributed by atoms with Crippen molar-refractivity contribution >= 4 is 33.2 Å². The van der Waals surface area contributed by atoms with Gasteiger partial charge in [0.25, 0.3) is 0 Å². The number of nitriles is 1. The minimum atomic E-state index is -1.74. The van der Waals surface area contributed by atoms with Crippen LogP contribution in [-0.4, -0.2) is 50.5 Å². The van der Waals surface area contributed by atoms with E-state index in [-0.39, 0.29) is 18.7 Å². The van der Waals surface area contributed by atoms with Crippen molar-refractivity contribution in [3.05, 3.63) is 28.5 Å². The Morgan fingerprint density at radius 3 is 3.04 bits per heavy atom. The predicted molar refractivity (Wildman–Crippen MR) is 84.1 cm³/mol. The van der Waals surface area contributed by atoms with Crippen LogP contribution in [0, 0.1) is 11.3 Å². The van der Waals surface area contributed by atoms with Crippen LogP contribution in [0.4, 0.5) is 14.9 Å². The Morgan fingerprint density at radius 1 is 1.70 bits per heavy atom. The molecule has 1 saturated heterocycles. The number of carboxylic acid groups (broad SMARTS) is 1. The molecule has 0 saturated carbocycles. The van der Waals surface area contributed by atoms with E-state index in [0.717, 1.165) is 9.37 Å². The second-order valence-corrected chi connectivity index (χ2v) is 6.59. The summed E-state index contributed by atoms with van der Waals surface area (Å²) in [4.78, 5) is 12.1. The van der Waals surface area contributed by atoms with Gasteiger partial charge in [-0.25, -0.2) is 13.7 Å². The van der Waals surface area contributed by atoms with Crippen LogP contribution < -0.4 is 5.32 Å². The van der Waals surface area contributed by atoms with E-state index in [1.807, 2.05) is 6.07 Å². The van der Waals surface area contributed by atoms with Gasteiger partial charge in [0.05, 0.1) is 35.6 Å². The summed E-state index contributed by atoms with van der Waals surface area (Å²) in [5.74, 6) is 0. The molecule has 2 atom stereocenters. The lowest BCUT2D eigenvalue weighted by Crippen LogP contribution is -2.39. The number of hydrogen-bond acceptors (Lipinski definition) is 4. The summed E-state index contributed by atoms with van der Waals surface area (Å²) in [6.45, 7) is 1.14. The molecule has 3 rings (SSSR count). The summed E-state index contributed by atoms with van der Waals surface area (Å²) in [5, 5.41) is 25.5. The van der Waals surface area contributed by atoms with Gasteiger partial charge in [-0.05, 0) is 28.9 Å². The van der Waals surface area contributed by atoms with Crippen molar-refractivity contribution in [3.63, 3.8) is 0 Å². The molecule has 0 bridgehead atoms. The zero-order valence-corrected chi connectivity index (χ0v) is 13.7. The van der Waals surface area contributed by atoms with Gasteiger partial charge in [0.15, 0.2) is 0 Å². The van der Waals surface area contributed by atoms with Crippen LogP contribution in [0.1, 0.15) is 12.5 Å². The van der Waals surface area contributed by atoms with Gasteiger partial charge >= 0.3 is 6.09 Å². The molecule has 0 spiro atoms. The molecule has 7 nitrogen and oxygen atoms in total. The lowest BCUT2D eigenvalue weighted by molar-refractivity contribution is 0.140. The highest BCUT2D eigenvalue weighted by molar-refractivity contribution is 9.10. The number of likely N-dealkylation sites (tertiary alicyclic amines) is 1. The molecule has 1 amide bonds. The first-order chi connectivity index (χ1) is 10.8. The molecule has 120 valence electrons. The summed E-state index contributed by atoms with van der Waals surface area (Å²) in [7, 11) is 0. The summed E-state index contributed by atoms with van der Waals surface area (Å²) in [5.41, 5.74) is -0.419. The third-order valence-corrected chi connectivity index (χ3v) is 4.38. The quantitative estimate of drug-likeness (QED) is 0.833. The number of carbonyl (C=O) groups is 1. The first-order valence-electron chi connectivity index (χ1n) is 6.82. The molecule has 1 fully saturated rings. The van der Waals surface area contributed by atoms with E-state index in [9.17, 15) is 14.4 Å². The fraction of sp³-hybridized carbons (Fsp3) is 0.357. The van der Waals surface area contributed by atoms with Crippen molar-refractivity contribution in [3.8, 4) is 6.07 Å². The molecule has 2 N–H and O–H groups in total. The first-order valence-corrected chi connectivity index (χ1v) is 7.61. The molecule has 1 aliphatic rings. The number of alkyl halides is 1. The van der Waals surface area contributed by atoms with E-state index in [2.05, 4.69) is 26.3 Å². The molecule has 0 aromatic carbocycles. The third kappa shape index (κ3) is 2.70. The summed E-state index contributed by atoms with van der Waals surface area (Å²) < 4.78 is 17.1. The van der Waals surface area contributed by atoms with E-state index >= 15 is 0 Å². The van der Waals surface area contributed by atoms with Crippen molar-refractivity contribution < 1.29 is 14.3 Å². The topological polar surface area (TPSA) is 93.7 Å². The average molecular weight is 382 g/mol. The molecule has 2 aromatic rings. The SMILES string of the molecule is CC1(F)CN(C(=O)O)CC1Nc1c(C#N)cnn2cc(Br)cc12. The van der Waals surface area contributed by atoms with Gasteiger partial charge < -0.3 is 15.3 Å². The number of nitrogens with zero attached hydrogens (tertiary/aromatic N) is 4. The Morgan fingerprint density at radius 2 is 2.43 bits per heavy atom. The summed E-state index contributed by atoms with van der Waals surface area (Å²) in [6, 6.07) is 3.03. The Hall–Kier alpha value is -2.34. The maximum absolute atomic E-state index is 14.7. The van der Waals surface area contributed by atoms with Crippen LogP contribution >= 0.6 is 15.9 Å². The summed E-state index contributed by atoms with van der Waals surface area (Å²) in [6.07, 6.45) is 1.94. The van der Waals surface area contributed by atoms with Gasteiger partial charge in [0, 0.05) is 17.2 Å². The Kier molecular flexibility index (Phi) is 3.64. The fourth-order valence-electron chi connectivity index (χ4n) is 2.74. The zero-order chi connectivity index (χ0) is 16.8. The van der Waals surface area contributed by atoms with E-state index in [1.54, 1.807) is 16.8 Å². The largest absolute Gasteiger partial charge is 0.465 e. The zero-order valence-electron chi connectivity index (χ0n) is 12.1. The van der Waals surface area contributed by atoms with Crippen LogP contribution in [0.5, 0.6) is 0 Å². The van der Waals surface area contributed by atoms with Crippen LogP contribution in [0.25, 0.3) is 5.52 Å². The molecule has 2 aromatic heterocycles. The number of halogens is 2. The predicted octanol–water partition coefficient (Wildman–Crippen LogP) is 2.47. The fourth-order valence-corrected chi connectivity index (χ4v) is 3.15. The number of amides is 1. The van der Waals surface area contributed by atoms with Gasteiger partial charge in [0.2, 0.25) is 0 Å². The van der Waals surface area contributed by atoms with Crippen molar-refractivity contribution in [1.82, 2.24) is 14.5 Å². The maximum Gasteiger partial charge on any atom is 0.407 e. The van der Waals surface area contributed by atoms with E-state index in [0.29, 0.717) is 11.2 Å². The maximum atomic E-state index is 14.7. The lowest BCUT2D eigenvalue weighted by atomic mass is 10.0. The molecular formula is C14H13BrFN5O2. The highest BCUT2D eigenvalue weighted by Crippen LogP contribution is 2.32. The number of aromatic nitrogens is 2. The van der Waals surface area contributed by atoms with Gasteiger partial charge in [0.1, 0.15) is 11.7 Å². The Balaban J connectivity index is 2.01. The number of hydrogen-bond donors (Lipinski definition) is 2. The number of fused-ring (bicyclic) bond motifs is 1. The number of anilines is 1. The molecule has 0 radical (unpaired) electrons. The van der Waals surface area contributed by atoms with Gasteiger partial charge in [-0.1, -0.05) is 0 Å². The highest BCUT2D eigenvalue weighted by atomic mass is 79.9. The van der Waals surface area contributed by atoms with E-state index in [4.69, 9.17) is 5.11 Å².